The highest BCUT2D eigenvalue weighted by molar-refractivity contribution is 5.97. The number of methoxy groups -OCH3 is 2. The summed E-state index contributed by atoms with van der Waals surface area (Å²) < 4.78 is 13.1. The number of hydrogen-bond acceptors (Lipinski definition) is 4. The van der Waals surface area contributed by atoms with Crippen LogP contribution in [0.4, 0.5) is 4.79 Å². The van der Waals surface area contributed by atoms with E-state index >= 15 is 0 Å². The van der Waals surface area contributed by atoms with Crippen molar-refractivity contribution in [3.8, 4) is 28.4 Å². The number of hydrogen-bond donors (Lipinski definition) is 1. The van der Waals surface area contributed by atoms with E-state index in [-0.39, 0.29) is 18.0 Å². The topological polar surface area (TPSA) is 76.0 Å². The fourth-order valence-corrected chi connectivity index (χ4v) is 5.74. The van der Waals surface area contributed by atoms with E-state index in [1.807, 2.05) is 71.3 Å². The molecule has 1 aliphatic heterocycles. The van der Waals surface area contributed by atoms with Gasteiger partial charge in [-0.15, -0.1) is 0 Å². The van der Waals surface area contributed by atoms with Crippen LogP contribution < -0.4 is 14.8 Å². The van der Waals surface area contributed by atoms with E-state index in [0.717, 1.165) is 35.5 Å². The van der Waals surface area contributed by atoms with Crippen molar-refractivity contribution in [2.45, 2.75) is 45.1 Å². The molecule has 0 unspecified atom stereocenters. The third-order valence-electron chi connectivity index (χ3n) is 7.96. The highest BCUT2D eigenvalue weighted by Crippen LogP contribution is 2.35. The van der Waals surface area contributed by atoms with Gasteiger partial charge in [-0.25, -0.2) is 4.79 Å². The van der Waals surface area contributed by atoms with Crippen LogP contribution in [0.3, 0.4) is 0 Å². The highest BCUT2D eigenvalue weighted by atomic mass is 16.5. The Morgan fingerprint density at radius 2 is 1.49 bits per heavy atom. The van der Waals surface area contributed by atoms with E-state index in [9.17, 15) is 9.59 Å². The molecule has 1 aliphatic carbocycles. The molecule has 3 amide bonds. The molecule has 1 aromatic heterocycles. The van der Waals surface area contributed by atoms with Crippen molar-refractivity contribution in [1.29, 1.82) is 0 Å². The Morgan fingerprint density at radius 3 is 2.15 bits per heavy atom. The van der Waals surface area contributed by atoms with Crippen LogP contribution in [0.5, 0.6) is 11.5 Å². The quantitative estimate of drug-likeness (QED) is 0.471. The van der Waals surface area contributed by atoms with Gasteiger partial charge >= 0.3 is 6.03 Å². The zero-order chi connectivity index (χ0) is 27.4. The van der Waals surface area contributed by atoms with E-state index in [1.54, 1.807) is 14.2 Å². The zero-order valence-corrected chi connectivity index (χ0v) is 23.1. The van der Waals surface area contributed by atoms with Crippen LogP contribution in [-0.4, -0.2) is 72.7 Å². The Bertz CT molecular complexity index is 1310. The van der Waals surface area contributed by atoms with Crippen LogP contribution in [0.25, 0.3) is 16.9 Å². The van der Waals surface area contributed by atoms with Crippen molar-refractivity contribution in [1.82, 2.24) is 19.7 Å². The predicted molar refractivity (Wildman–Crippen MR) is 152 cm³/mol. The van der Waals surface area contributed by atoms with Crippen molar-refractivity contribution in [3.63, 3.8) is 0 Å². The number of ether oxygens (including phenoxy) is 2. The molecule has 5 rings (SSSR count). The van der Waals surface area contributed by atoms with Gasteiger partial charge in [0, 0.05) is 49.7 Å². The summed E-state index contributed by atoms with van der Waals surface area (Å²) in [6, 6.07) is 18.1. The zero-order valence-electron chi connectivity index (χ0n) is 23.1. The van der Waals surface area contributed by atoms with Gasteiger partial charge in [-0.2, -0.15) is 0 Å². The third kappa shape index (κ3) is 5.60. The first-order valence-electron chi connectivity index (χ1n) is 13.8. The standard InChI is InChI=1S/C31H38N4O4/c1-22-26(30(36)33-16-18-34(19-17-33)31(37)32-24-12-8-5-9-13-24)21-27(23-10-6-4-7-11-23)35(22)25-14-15-28(38-2)29(20-25)39-3/h4,6-7,10-11,14-15,20-21,24H,5,8-9,12-13,16-19H2,1-3H3,(H,32,37). The Hall–Kier alpha value is -3.94. The fourth-order valence-electron chi connectivity index (χ4n) is 5.74. The van der Waals surface area contributed by atoms with E-state index in [4.69, 9.17) is 9.47 Å². The van der Waals surface area contributed by atoms with Crippen LogP contribution in [0.2, 0.25) is 0 Å². The molecule has 0 atom stereocenters. The summed E-state index contributed by atoms with van der Waals surface area (Å²) in [5, 5.41) is 3.20. The lowest BCUT2D eigenvalue weighted by atomic mass is 9.96. The summed E-state index contributed by atoms with van der Waals surface area (Å²) in [5.74, 6) is 1.25. The lowest BCUT2D eigenvalue weighted by Crippen LogP contribution is -2.54. The minimum atomic E-state index is -0.0174. The van der Waals surface area contributed by atoms with Gasteiger partial charge in [0.1, 0.15) is 0 Å². The van der Waals surface area contributed by atoms with Gasteiger partial charge in [-0.05, 0) is 43.5 Å². The molecule has 206 valence electrons. The van der Waals surface area contributed by atoms with Gasteiger partial charge in [0.15, 0.2) is 11.5 Å². The predicted octanol–water partition coefficient (Wildman–Crippen LogP) is 5.27. The molecular formula is C31H38N4O4. The molecule has 0 bridgehead atoms. The minimum Gasteiger partial charge on any atom is -0.493 e. The highest BCUT2D eigenvalue weighted by Gasteiger charge is 2.29. The smallest absolute Gasteiger partial charge is 0.317 e. The largest absolute Gasteiger partial charge is 0.493 e. The summed E-state index contributed by atoms with van der Waals surface area (Å²) in [7, 11) is 3.23. The van der Waals surface area contributed by atoms with E-state index in [1.165, 1.54) is 19.3 Å². The first kappa shape index (κ1) is 26.7. The molecular weight excluding hydrogens is 492 g/mol. The molecule has 2 aromatic carbocycles. The molecule has 8 nitrogen and oxygen atoms in total. The number of benzene rings is 2. The lowest BCUT2D eigenvalue weighted by molar-refractivity contribution is 0.0662. The van der Waals surface area contributed by atoms with Gasteiger partial charge < -0.3 is 29.2 Å². The van der Waals surface area contributed by atoms with E-state index in [0.29, 0.717) is 43.2 Å². The molecule has 8 heteroatoms. The molecule has 2 fully saturated rings. The Kier molecular flexibility index (Phi) is 8.10. The SMILES string of the molecule is COc1ccc(-n2c(-c3ccccc3)cc(C(=O)N3CCN(C(=O)NC4CCCCC4)CC3)c2C)cc1OC. The number of aromatic nitrogens is 1. The Balaban J connectivity index is 1.38. The number of carbonyl (C=O) groups is 2. The maximum Gasteiger partial charge on any atom is 0.317 e. The van der Waals surface area contributed by atoms with Crippen molar-refractivity contribution in [3.05, 3.63) is 65.9 Å². The second-order valence-electron chi connectivity index (χ2n) is 10.3. The molecule has 0 spiro atoms. The first-order chi connectivity index (χ1) is 19.0. The molecule has 2 heterocycles. The Labute approximate surface area is 230 Å². The summed E-state index contributed by atoms with van der Waals surface area (Å²) >= 11 is 0. The summed E-state index contributed by atoms with van der Waals surface area (Å²) in [4.78, 5) is 30.3. The minimum absolute atomic E-state index is 0.00357. The third-order valence-corrected chi connectivity index (χ3v) is 7.96. The monoisotopic (exact) mass is 530 g/mol. The number of nitrogens with zero attached hydrogens (tertiary/aromatic N) is 3. The average Bonchev–Trinajstić information content (AvgIpc) is 3.34. The van der Waals surface area contributed by atoms with E-state index in [2.05, 4.69) is 9.88 Å². The molecule has 1 saturated carbocycles. The normalized spacial score (nSPS) is 16.2. The molecule has 1 saturated heterocycles. The first-order valence-corrected chi connectivity index (χ1v) is 13.8. The number of nitrogens with one attached hydrogen (secondary N) is 1. The second-order valence-corrected chi connectivity index (χ2v) is 10.3. The fraction of sp³-hybridized carbons (Fsp3) is 0.419. The molecule has 2 aliphatic rings. The van der Waals surface area contributed by atoms with Gasteiger partial charge in [0.2, 0.25) is 0 Å². The van der Waals surface area contributed by atoms with Gasteiger partial charge in [0.25, 0.3) is 5.91 Å². The second kappa shape index (κ2) is 11.8. The van der Waals surface area contributed by atoms with Crippen molar-refractivity contribution < 1.29 is 19.1 Å². The maximum absolute atomic E-state index is 13.8. The number of piperazine rings is 1. The van der Waals surface area contributed by atoms with E-state index < -0.39 is 0 Å². The van der Waals surface area contributed by atoms with Gasteiger partial charge in [-0.3, -0.25) is 4.79 Å². The van der Waals surface area contributed by atoms with Gasteiger partial charge in [0.05, 0.1) is 25.5 Å². The lowest BCUT2D eigenvalue weighted by Gasteiger charge is -2.36. The summed E-state index contributed by atoms with van der Waals surface area (Å²) in [6.45, 7) is 4.07. The molecule has 39 heavy (non-hydrogen) atoms. The molecule has 0 radical (unpaired) electrons. The Morgan fingerprint density at radius 1 is 0.821 bits per heavy atom. The maximum atomic E-state index is 13.8. The molecule has 3 aromatic rings. The van der Waals surface area contributed by atoms with Crippen molar-refractivity contribution in [2.75, 3.05) is 40.4 Å². The van der Waals surface area contributed by atoms with Crippen LogP contribution in [0.1, 0.15) is 48.2 Å². The summed E-state index contributed by atoms with van der Waals surface area (Å²) in [6.07, 6.45) is 5.74. The number of urea groups is 1. The average molecular weight is 531 g/mol. The number of amides is 3. The van der Waals surface area contributed by atoms with Crippen LogP contribution in [0.15, 0.2) is 54.6 Å². The van der Waals surface area contributed by atoms with Crippen molar-refractivity contribution in [2.24, 2.45) is 0 Å². The number of carbonyl (C=O) groups excluding carboxylic acids is 2. The summed E-state index contributed by atoms with van der Waals surface area (Å²) in [5.41, 5.74) is 4.33. The van der Waals surface area contributed by atoms with Crippen molar-refractivity contribution >= 4 is 11.9 Å². The van der Waals surface area contributed by atoms with Gasteiger partial charge in [-0.1, -0.05) is 49.6 Å². The van der Waals surface area contributed by atoms with Crippen LogP contribution in [-0.2, 0) is 0 Å². The van der Waals surface area contributed by atoms with Crippen LogP contribution >= 0.6 is 0 Å². The molecule has 1 N–H and O–H groups in total. The van der Waals surface area contributed by atoms with Crippen LogP contribution in [0, 0.1) is 6.92 Å². The number of rotatable bonds is 6.